The van der Waals surface area contributed by atoms with Gasteiger partial charge in [-0.25, -0.2) is 4.39 Å². The van der Waals surface area contributed by atoms with Crippen molar-refractivity contribution >= 4 is 17.8 Å². The van der Waals surface area contributed by atoms with Gasteiger partial charge in [-0.15, -0.1) is 0 Å². The predicted molar refractivity (Wildman–Crippen MR) is 70.0 cm³/mol. The molecule has 2 amide bonds. The van der Waals surface area contributed by atoms with Gasteiger partial charge in [-0.2, -0.15) is 0 Å². The molecule has 1 aliphatic rings. The molecule has 1 heterocycles. The van der Waals surface area contributed by atoms with Crippen LogP contribution >= 0.6 is 0 Å². The molecule has 9 heteroatoms. The van der Waals surface area contributed by atoms with Crippen molar-refractivity contribution in [2.75, 3.05) is 6.61 Å². The third-order valence-corrected chi connectivity index (χ3v) is 3.14. The molecule has 7 nitrogen and oxygen atoms in total. The van der Waals surface area contributed by atoms with Gasteiger partial charge in [0.1, 0.15) is 18.2 Å². The Morgan fingerprint density at radius 2 is 2.13 bits per heavy atom. The second-order valence-electron chi connectivity index (χ2n) is 4.89. The van der Waals surface area contributed by atoms with E-state index in [1.54, 1.807) is 0 Å². The summed E-state index contributed by atoms with van der Waals surface area (Å²) in [7, 11) is 0. The zero-order valence-corrected chi connectivity index (χ0v) is 14.7. The first-order valence-corrected chi connectivity index (χ1v) is 6.56. The Morgan fingerprint density at radius 1 is 1.43 bits per heavy atom. The van der Waals surface area contributed by atoms with Crippen molar-refractivity contribution < 1.29 is 58.2 Å². The average Bonchev–Trinajstić information content (AvgIpc) is 2.80. The minimum atomic E-state index is -1.56. The van der Waals surface area contributed by atoms with Crippen LogP contribution in [0.15, 0.2) is 18.2 Å². The van der Waals surface area contributed by atoms with Crippen LogP contribution in [0.5, 0.6) is 5.75 Å². The normalized spacial score (nSPS) is 16.3. The molecule has 0 radical (unpaired) electrons. The molecule has 0 aliphatic carbocycles. The Morgan fingerprint density at radius 3 is 2.74 bits per heavy atom. The van der Waals surface area contributed by atoms with Gasteiger partial charge in [0.25, 0.3) is 0 Å². The number of hydrogen-bond donors (Lipinski definition) is 2. The van der Waals surface area contributed by atoms with E-state index in [9.17, 15) is 23.9 Å². The van der Waals surface area contributed by atoms with Crippen LogP contribution in [-0.2, 0) is 14.4 Å². The van der Waals surface area contributed by atoms with E-state index < -0.39 is 42.1 Å². The molecule has 2 atom stereocenters. The molecule has 0 saturated heterocycles. The molecule has 23 heavy (non-hydrogen) atoms. The van der Waals surface area contributed by atoms with Gasteiger partial charge in [0.05, 0.1) is 24.5 Å². The number of halogens is 1. The van der Waals surface area contributed by atoms with E-state index in [4.69, 9.17) is 4.74 Å². The number of hydrogen-bond acceptors (Lipinski definition) is 5. The molecule has 0 aromatic heterocycles. The molecule has 0 saturated carbocycles. The number of carboxylic acid groups (broad SMARTS) is 1. The van der Waals surface area contributed by atoms with E-state index in [2.05, 4.69) is 10.6 Å². The molecule has 0 fully saturated rings. The van der Waals surface area contributed by atoms with E-state index >= 15 is 0 Å². The molecule has 0 spiro atoms. The fraction of sp³-hybridized carbons (Fsp3) is 0.357. The monoisotopic (exact) mass is 332 g/mol. The fourth-order valence-corrected chi connectivity index (χ4v) is 2.18. The van der Waals surface area contributed by atoms with Gasteiger partial charge in [-0.1, -0.05) is 0 Å². The summed E-state index contributed by atoms with van der Waals surface area (Å²) >= 11 is 0. The van der Waals surface area contributed by atoms with Crippen molar-refractivity contribution in [2.24, 2.45) is 0 Å². The topological polar surface area (TPSA) is 108 Å². The smallest absolute Gasteiger partial charge is 0.548 e. The van der Waals surface area contributed by atoms with E-state index in [1.807, 2.05) is 0 Å². The quantitative estimate of drug-likeness (QED) is 0.535. The minimum absolute atomic E-state index is 0. The number of carboxylic acids is 1. The molecule has 0 bridgehead atoms. The maximum Gasteiger partial charge on any atom is 1.00 e. The summed E-state index contributed by atoms with van der Waals surface area (Å²) in [5.41, 5.74) is 0.484. The summed E-state index contributed by atoms with van der Waals surface area (Å²) in [6.45, 7) is 1.26. The fourth-order valence-electron chi connectivity index (χ4n) is 2.18. The maximum absolute atomic E-state index is 13.2. The van der Waals surface area contributed by atoms with Crippen LogP contribution in [0.3, 0.4) is 0 Å². The Labute approximate surface area is 153 Å². The Balaban J connectivity index is 0.00000264. The van der Waals surface area contributed by atoms with Crippen LogP contribution < -0.4 is 50.0 Å². The molecule has 1 unspecified atom stereocenters. The van der Waals surface area contributed by atoms with E-state index in [-0.39, 0.29) is 36.2 Å². The van der Waals surface area contributed by atoms with E-state index in [1.165, 1.54) is 18.2 Å². The number of rotatable bonds is 5. The Kier molecular flexibility index (Phi) is 6.99. The van der Waals surface area contributed by atoms with Crippen LogP contribution in [0.2, 0.25) is 0 Å². The third kappa shape index (κ3) is 5.19. The van der Waals surface area contributed by atoms with Crippen molar-refractivity contribution in [3.8, 4) is 5.75 Å². The zero-order valence-electron chi connectivity index (χ0n) is 12.7. The van der Waals surface area contributed by atoms with E-state index in [0.29, 0.717) is 11.3 Å². The van der Waals surface area contributed by atoms with Gasteiger partial charge in [-0.05, 0) is 18.2 Å². The SMILES string of the molecule is CC(=O)N[C@@H](CC(=O)NC1COc2ccc(F)cc21)C(=O)[O-].[Na+]. The Hall–Kier alpha value is -1.64. The molecule has 1 aliphatic heterocycles. The first-order valence-electron chi connectivity index (χ1n) is 6.56. The summed E-state index contributed by atoms with van der Waals surface area (Å²) < 4.78 is 18.5. The van der Waals surface area contributed by atoms with E-state index in [0.717, 1.165) is 6.92 Å². The average molecular weight is 332 g/mol. The van der Waals surface area contributed by atoms with Crippen LogP contribution in [0.25, 0.3) is 0 Å². The minimum Gasteiger partial charge on any atom is -0.548 e. The summed E-state index contributed by atoms with van der Waals surface area (Å²) in [4.78, 5) is 33.6. The van der Waals surface area contributed by atoms with Crippen molar-refractivity contribution in [1.82, 2.24) is 10.6 Å². The van der Waals surface area contributed by atoms with Gasteiger partial charge in [-0.3, -0.25) is 9.59 Å². The summed E-state index contributed by atoms with van der Waals surface area (Å²) in [6.07, 6.45) is -0.483. The van der Waals surface area contributed by atoms with Crippen LogP contribution in [0.1, 0.15) is 24.9 Å². The van der Waals surface area contributed by atoms with Gasteiger partial charge in [0.15, 0.2) is 0 Å². The van der Waals surface area contributed by atoms with Gasteiger partial charge in [0, 0.05) is 12.5 Å². The van der Waals surface area contributed by atoms with Crippen molar-refractivity contribution in [3.05, 3.63) is 29.6 Å². The number of ether oxygens (including phenoxy) is 1. The number of benzene rings is 1. The number of carbonyl (C=O) groups excluding carboxylic acids is 3. The van der Waals surface area contributed by atoms with Crippen LogP contribution in [0, 0.1) is 5.82 Å². The molecule has 1 aromatic rings. The van der Waals surface area contributed by atoms with Crippen molar-refractivity contribution in [2.45, 2.75) is 25.4 Å². The molecular formula is C14H14FN2NaO5. The number of nitrogens with one attached hydrogen (secondary N) is 2. The summed E-state index contributed by atoms with van der Waals surface area (Å²) in [5.74, 6) is -2.76. The zero-order chi connectivity index (χ0) is 16.3. The second-order valence-corrected chi connectivity index (χ2v) is 4.89. The number of amides is 2. The maximum atomic E-state index is 13.2. The molecule has 118 valence electrons. The van der Waals surface area contributed by atoms with Crippen molar-refractivity contribution in [3.63, 3.8) is 0 Å². The van der Waals surface area contributed by atoms with Gasteiger partial charge >= 0.3 is 29.6 Å². The number of aliphatic carboxylic acids is 1. The summed E-state index contributed by atoms with van der Waals surface area (Å²) in [5, 5.41) is 15.5. The molecule has 2 N–H and O–H groups in total. The number of fused-ring (bicyclic) bond motifs is 1. The number of carbonyl (C=O) groups is 3. The van der Waals surface area contributed by atoms with Crippen LogP contribution in [0.4, 0.5) is 4.39 Å². The van der Waals surface area contributed by atoms with Gasteiger partial charge < -0.3 is 25.3 Å². The Bertz CT molecular complexity index is 625. The summed E-state index contributed by atoms with van der Waals surface area (Å²) in [6, 6.07) is 1.95. The van der Waals surface area contributed by atoms with Gasteiger partial charge in [0.2, 0.25) is 11.8 Å². The largest absolute Gasteiger partial charge is 1.00 e. The van der Waals surface area contributed by atoms with Crippen LogP contribution in [-0.4, -0.2) is 30.4 Å². The third-order valence-electron chi connectivity index (χ3n) is 3.14. The first kappa shape index (κ1) is 19.4. The molecular weight excluding hydrogens is 318 g/mol. The van der Waals surface area contributed by atoms with Crippen molar-refractivity contribution in [1.29, 1.82) is 0 Å². The first-order chi connectivity index (χ1) is 10.4. The molecule has 1 aromatic carbocycles. The standard InChI is InChI=1S/C14H15FN2O5.Na/c1-7(18)16-10(14(20)21)5-13(19)17-11-6-22-12-3-2-8(15)4-9(11)12;/h2-4,10-11H,5-6H2,1H3,(H,16,18)(H,17,19)(H,20,21);/q;+1/p-1/t10-,11?;/m0./s1. The molecule has 2 rings (SSSR count). The second kappa shape index (κ2) is 8.28. The predicted octanol–water partition coefficient (Wildman–Crippen LogP) is -3.98.